The summed E-state index contributed by atoms with van der Waals surface area (Å²) in [4.78, 5) is 19.7. The van der Waals surface area contributed by atoms with E-state index in [0.717, 1.165) is 0 Å². The number of hydrogen-bond donors (Lipinski definition) is 2. The van der Waals surface area contributed by atoms with Gasteiger partial charge in [0, 0.05) is 6.07 Å². The lowest BCUT2D eigenvalue weighted by molar-refractivity contribution is -0.384. The lowest BCUT2D eigenvalue weighted by atomic mass is 10.1. The zero-order valence-corrected chi connectivity index (χ0v) is 7.99. The third-order valence-electron chi connectivity index (χ3n) is 1.76. The summed E-state index contributed by atoms with van der Waals surface area (Å²) in [6.45, 7) is 0. The van der Waals surface area contributed by atoms with E-state index in [9.17, 15) is 28.1 Å². The van der Waals surface area contributed by atoms with Gasteiger partial charge in [-0.2, -0.15) is 13.2 Å². The highest BCUT2D eigenvalue weighted by Gasteiger charge is 2.33. The molecule has 0 bridgehead atoms. The first-order chi connectivity index (χ1) is 7.71. The number of carbonyl (C=O) groups is 1. The average Bonchev–Trinajstić information content (AvgIpc) is 2.15. The second kappa shape index (κ2) is 4.28. The molecule has 0 saturated carbocycles. The Hall–Kier alpha value is -2.32. The van der Waals surface area contributed by atoms with Crippen LogP contribution in [0.25, 0.3) is 0 Å². The summed E-state index contributed by atoms with van der Waals surface area (Å²) in [7, 11) is 0. The molecule has 1 aromatic rings. The number of amides is 1. The number of carboxylic acid groups (broad SMARTS) is 1. The molecule has 1 rings (SSSR count). The molecule has 0 aliphatic heterocycles. The normalized spacial score (nSPS) is 11.0. The molecule has 0 spiro atoms. The maximum Gasteiger partial charge on any atom is 0.416 e. The first kappa shape index (κ1) is 12.7. The molecule has 92 valence electrons. The zero-order valence-electron chi connectivity index (χ0n) is 7.99. The Bertz CT molecular complexity index is 472. The highest BCUT2D eigenvalue weighted by atomic mass is 19.4. The number of alkyl halides is 3. The second-order valence-electron chi connectivity index (χ2n) is 2.92. The highest BCUT2D eigenvalue weighted by Crippen LogP contribution is 2.34. The Labute approximate surface area is 91.8 Å². The summed E-state index contributed by atoms with van der Waals surface area (Å²) >= 11 is 0. The molecule has 0 atom stereocenters. The van der Waals surface area contributed by atoms with Gasteiger partial charge in [0.1, 0.15) is 5.69 Å². The second-order valence-corrected chi connectivity index (χ2v) is 2.92. The third-order valence-corrected chi connectivity index (χ3v) is 1.76. The molecule has 2 N–H and O–H groups in total. The summed E-state index contributed by atoms with van der Waals surface area (Å²) < 4.78 is 36.8. The number of halogens is 3. The zero-order chi connectivity index (χ0) is 13.2. The number of rotatable bonds is 2. The number of anilines is 1. The van der Waals surface area contributed by atoms with Crippen LogP contribution in [0.15, 0.2) is 18.2 Å². The van der Waals surface area contributed by atoms with Gasteiger partial charge in [-0.15, -0.1) is 0 Å². The predicted octanol–water partition coefficient (Wildman–Crippen LogP) is 2.70. The van der Waals surface area contributed by atoms with Crippen LogP contribution in [0.2, 0.25) is 0 Å². The maximum atomic E-state index is 12.3. The first-order valence-corrected chi connectivity index (χ1v) is 4.07. The Balaban J connectivity index is 3.27. The van der Waals surface area contributed by atoms with E-state index in [4.69, 9.17) is 5.11 Å². The minimum Gasteiger partial charge on any atom is -0.465 e. The predicted molar refractivity (Wildman–Crippen MR) is 49.7 cm³/mol. The van der Waals surface area contributed by atoms with Crippen molar-refractivity contribution < 1.29 is 28.0 Å². The lowest BCUT2D eigenvalue weighted by Crippen LogP contribution is -2.11. The molecule has 0 saturated heterocycles. The number of benzene rings is 1. The van der Waals surface area contributed by atoms with E-state index in [1.165, 1.54) is 0 Å². The molecular weight excluding hydrogens is 245 g/mol. The van der Waals surface area contributed by atoms with E-state index in [1.807, 2.05) is 0 Å². The van der Waals surface area contributed by atoms with Gasteiger partial charge in [-0.25, -0.2) is 4.79 Å². The van der Waals surface area contributed by atoms with Crippen LogP contribution in [-0.4, -0.2) is 16.1 Å². The van der Waals surface area contributed by atoms with E-state index in [2.05, 4.69) is 0 Å². The highest BCUT2D eigenvalue weighted by molar-refractivity contribution is 5.86. The molecule has 0 heterocycles. The van der Waals surface area contributed by atoms with Crippen LogP contribution < -0.4 is 5.32 Å². The van der Waals surface area contributed by atoms with Gasteiger partial charge in [-0.1, -0.05) is 0 Å². The smallest absolute Gasteiger partial charge is 0.416 e. The van der Waals surface area contributed by atoms with E-state index in [-0.39, 0.29) is 6.07 Å². The van der Waals surface area contributed by atoms with Crippen molar-refractivity contribution in [1.29, 1.82) is 0 Å². The van der Waals surface area contributed by atoms with Crippen molar-refractivity contribution in [3.8, 4) is 0 Å². The van der Waals surface area contributed by atoms with Crippen LogP contribution in [0.1, 0.15) is 5.56 Å². The van der Waals surface area contributed by atoms with Crippen molar-refractivity contribution >= 4 is 17.5 Å². The molecule has 0 aliphatic carbocycles. The van der Waals surface area contributed by atoms with Crippen molar-refractivity contribution in [2.45, 2.75) is 6.18 Å². The van der Waals surface area contributed by atoms with E-state index in [0.29, 0.717) is 12.1 Å². The number of nitrogens with one attached hydrogen (secondary N) is 1. The Morgan fingerprint density at radius 3 is 2.41 bits per heavy atom. The van der Waals surface area contributed by atoms with Gasteiger partial charge >= 0.3 is 12.3 Å². The average molecular weight is 250 g/mol. The van der Waals surface area contributed by atoms with Crippen LogP contribution in [0.3, 0.4) is 0 Å². The fraction of sp³-hybridized carbons (Fsp3) is 0.125. The Morgan fingerprint density at radius 1 is 1.41 bits per heavy atom. The van der Waals surface area contributed by atoms with Gasteiger partial charge in [0.15, 0.2) is 0 Å². The topological polar surface area (TPSA) is 92.5 Å². The van der Waals surface area contributed by atoms with Gasteiger partial charge in [-0.3, -0.25) is 15.4 Å². The summed E-state index contributed by atoms with van der Waals surface area (Å²) in [6.07, 6.45) is -6.33. The van der Waals surface area contributed by atoms with E-state index >= 15 is 0 Å². The van der Waals surface area contributed by atoms with Gasteiger partial charge in [0.25, 0.3) is 5.69 Å². The van der Waals surface area contributed by atoms with Gasteiger partial charge in [-0.05, 0) is 12.1 Å². The van der Waals surface area contributed by atoms with Crippen molar-refractivity contribution in [3.05, 3.63) is 33.9 Å². The Kier molecular flexibility index (Phi) is 3.21. The molecular formula is C8H5F3N2O4. The standard InChI is InChI=1S/C8H5F3N2O4/c9-8(10,11)4-1-2-5(12-7(14)15)6(3-4)13(16)17/h1-3,12H,(H,14,15). The molecule has 6 nitrogen and oxygen atoms in total. The molecule has 0 unspecified atom stereocenters. The lowest BCUT2D eigenvalue weighted by Gasteiger charge is -2.08. The van der Waals surface area contributed by atoms with Crippen molar-refractivity contribution in [2.24, 2.45) is 0 Å². The summed E-state index contributed by atoms with van der Waals surface area (Å²) in [6, 6.07) is 1.51. The largest absolute Gasteiger partial charge is 0.465 e. The molecule has 0 aliphatic rings. The minimum atomic E-state index is -4.73. The summed E-state index contributed by atoms with van der Waals surface area (Å²) in [5.74, 6) is 0. The molecule has 0 fully saturated rings. The van der Waals surface area contributed by atoms with E-state index < -0.39 is 34.1 Å². The number of hydrogen-bond acceptors (Lipinski definition) is 3. The Morgan fingerprint density at radius 2 is 2.00 bits per heavy atom. The van der Waals surface area contributed by atoms with Crippen LogP contribution >= 0.6 is 0 Å². The number of nitrogens with zero attached hydrogens (tertiary/aromatic N) is 1. The quantitative estimate of drug-likeness (QED) is 0.623. The number of nitro groups is 1. The van der Waals surface area contributed by atoms with Gasteiger partial charge in [0.2, 0.25) is 0 Å². The van der Waals surface area contributed by atoms with Crippen LogP contribution in [0.5, 0.6) is 0 Å². The van der Waals surface area contributed by atoms with Crippen molar-refractivity contribution in [1.82, 2.24) is 0 Å². The molecule has 1 aromatic carbocycles. The fourth-order valence-corrected chi connectivity index (χ4v) is 1.08. The van der Waals surface area contributed by atoms with Crippen molar-refractivity contribution in [3.63, 3.8) is 0 Å². The van der Waals surface area contributed by atoms with Crippen LogP contribution in [0, 0.1) is 10.1 Å². The first-order valence-electron chi connectivity index (χ1n) is 4.07. The monoisotopic (exact) mass is 250 g/mol. The van der Waals surface area contributed by atoms with E-state index in [1.54, 1.807) is 5.32 Å². The SMILES string of the molecule is O=C(O)Nc1ccc(C(F)(F)F)cc1[N+](=O)[O-]. The third kappa shape index (κ3) is 3.06. The summed E-state index contributed by atoms with van der Waals surface area (Å²) in [5, 5.41) is 20.5. The molecule has 0 radical (unpaired) electrons. The van der Waals surface area contributed by atoms with Crippen molar-refractivity contribution in [2.75, 3.05) is 5.32 Å². The summed E-state index contributed by atoms with van der Waals surface area (Å²) in [5.41, 5.74) is -2.70. The minimum absolute atomic E-state index is 0.269. The van der Waals surface area contributed by atoms with Crippen LogP contribution in [-0.2, 0) is 6.18 Å². The van der Waals surface area contributed by atoms with Gasteiger partial charge < -0.3 is 5.11 Å². The fourth-order valence-electron chi connectivity index (χ4n) is 1.08. The molecule has 1 amide bonds. The molecule has 0 aromatic heterocycles. The van der Waals surface area contributed by atoms with Crippen LogP contribution in [0.4, 0.5) is 29.3 Å². The molecule has 17 heavy (non-hydrogen) atoms. The molecule has 9 heteroatoms. The van der Waals surface area contributed by atoms with Gasteiger partial charge in [0.05, 0.1) is 10.5 Å². The number of nitro benzene ring substituents is 1. The maximum absolute atomic E-state index is 12.3.